The molecule has 1 aromatic rings. The molecule has 94 valence electrons. The number of hydrogen-bond donors (Lipinski definition) is 1. The molecule has 1 aromatic carbocycles. The molecular weight excluding hydrogens is 222 g/mol. The van der Waals surface area contributed by atoms with E-state index in [1.807, 2.05) is 31.2 Å². The molecule has 0 amide bonds. The molecule has 2 heteroatoms. The van der Waals surface area contributed by atoms with Gasteiger partial charge in [-0.2, -0.15) is 0 Å². The smallest absolute Gasteiger partial charge is 0.165 e. The van der Waals surface area contributed by atoms with E-state index >= 15 is 0 Å². The Kier molecular flexibility index (Phi) is 3.88. The Labute approximate surface area is 109 Å². The standard InChI is InChI=1S/C16H19NO/c1-4-13-11-12(3)16(18-17-15(13)5-2)14-9-7-6-8-10-14/h5-11,17H,4H2,1-3H3/b15-5+. The zero-order chi connectivity index (χ0) is 13.0. The molecule has 0 saturated carbocycles. The first kappa shape index (κ1) is 12.5. The maximum absolute atomic E-state index is 5.75. The summed E-state index contributed by atoms with van der Waals surface area (Å²) in [5.74, 6) is 0.887. The topological polar surface area (TPSA) is 21.3 Å². The highest BCUT2D eigenvalue weighted by molar-refractivity contribution is 5.66. The minimum absolute atomic E-state index is 0.887. The molecule has 1 aliphatic heterocycles. The molecule has 0 unspecified atom stereocenters. The number of rotatable bonds is 2. The summed E-state index contributed by atoms with van der Waals surface area (Å²) in [6.07, 6.45) is 5.21. The normalized spacial score (nSPS) is 17.9. The van der Waals surface area contributed by atoms with Crippen molar-refractivity contribution in [1.29, 1.82) is 0 Å². The van der Waals surface area contributed by atoms with Gasteiger partial charge in [0, 0.05) is 5.56 Å². The lowest BCUT2D eigenvalue weighted by molar-refractivity contribution is 0.191. The first-order chi connectivity index (χ1) is 8.76. The summed E-state index contributed by atoms with van der Waals surface area (Å²) in [6.45, 7) is 6.24. The highest BCUT2D eigenvalue weighted by Gasteiger charge is 2.13. The van der Waals surface area contributed by atoms with Crippen LogP contribution in [0.1, 0.15) is 32.8 Å². The van der Waals surface area contributed by atoms with E-state index in [1.54, 1.807) is 0 Å². The molecule has 0 saturated heterocycles. The van der Waals surface area contributed by atoms with Crippen molar-refractivity contribution in [3.8, 4) is 0 Å². The minimum atomic E-state index is 0.887. The third kappa shape index (κ3) is 2.48. The number of hydrogen-bond acceptors (Lipinski definition) is 2. The van der Waals surface area contributed by atoms with Gasteiger partial charge in [-0.15, -0.1) is 0 Å². The molecule has 0 radical (unpaired) electrons. The van der Waals surface area contributed by atoms with E-state index in [9.17, 15) is 0 Å². The number of hydroxylamine groups is 1. The molecule has 18 heavy (non-hydrogen) atoms. The highest BCUT2D eigenvalue weighted by atomic mass is 16.6. The second kappa shape index (κ2) is 5.58. The van der Waals surface area contributed by atoms with E-state index in [4.69, 9.17) is 4.84 Å². The summed E-state index contributed by atoms with van der Waals surface area (Å²) in [4.78, 5) is 5.75. The summed E-state index contributed by atoms with van der Waals surface area (Å²) in [5.41, 5.74) is 7.59. The van der Waals surface area contributed by atoms with E-state index < -0.39 is 0 Å². The number of allylic oxidation sites excluding steroid dienone is 4. The predicted molar refractivity (Wildman–Crippen MR) is 75.4 cm³/mol. The average Bonchev–Trinajstić information content (AvgIpc) is 2.58. The van der Waals surface area contributed by atoms with Crippen LogP contribution in [0.4, 0.5) is 0 Å². The summed E-state index contributed by atoms with van der Waals surface area (Å²) in [5, 5.41) is 0. The van der Waals surface area contributed by atoms with Crippen molar-refractivity contribution in [1.82, 2.24) is 5.48 Å². The summed E-state index contributed by atoms with van der Waals surface area (Å²) in [6, 6.07) is 10.2. The molecule has 2 nitrogen and oxygen atoms in total. The lowest BCUT2D eigenvalue weighted by Crippen LogP contribution is -2.13. The Bertz CT molecular complexity index is 509. The van der Waals surface area contributed by atoms with Crippen molar-refractivity contribution in [2.75, 3.05) is 0 Å². The van der Waals surface area contributed by atoms with Crippen molar-refractivity contribution in [3.63, 3.8) is 0 Å². The summed E-state index contributed by atoms with van der Waals surface area (Å²) < 4.78 is 0. The van der Waals surface area contributed by atoms with Gasteiger partial charge in [-0.25, -0.2) is 5.48 Å². The molecule has 1 N–H and O–H groups in total. The van der Waals surface area contributed by atoms with E-state index in [2.05, 4.69) is 37.5 Å². The van der Waals surface area contributed by atoms with E-state index in [-0.39, 0.29) is 0 Å². The highest BCUT2D eigenvalue weighted by Crippen LogP contribution is 2.26. The van der Waals surface area contributed by atoms with Crippen molar-refractivity contribution in [3.05, 3.63) is 64.9 Å². The van der Waals surface area contributed by atoms with Crippen LogP contribution in [0, 0.1) is 0 Å². The predicted octanol–water partition coefficient (Wildman–Crippen LogP) is 4.19. The third-order valence-corrected chi connectivity index (χ3v) is 3.06. The molecule has 0 fully saturated rings. The largest absolute Gasteiger partial charge is 0.381 e. The van der Waals surface area contributed by atoms with Crippen LogP contribution in [0.25, 0.3) is 5.76 Å². The molecule has 1 aliphatic rings. The second-order valence-electron chi connectivity index (χ2n) is 4.31. The summed E-state index contributed by atoms with van der Waals surface area (Å²) in [7, 11) is 0. The van der Waals surface area contributed by atoms with Crippen LogP contribution in [0.15, 0.2) is 59.3 Å². The van der Waals surface area contributed by atoms with E-state index in [0.717, 1.165) is 29.0 Å². The Morgan fingerprint density at radius 3 is 2.56 bits per heavy atom. The lowest BCUT2D eigenvalue weighted by atomic mass is 10.0. The zero-order valence-corrected chi connectivity index (χ0v) is 11.2. The van der Waals surface area contributed by atoms with E-state index in [1.165, 1.54) is 5.57 Å². The van der Waals surface area contributed by atoms with Crippen LogP contribution in [0.3, 0.4) is 0 Å². The SMILES string of the molecule is C/C=C1/NOC(c2ccccc2)=C(C)C=C1CC. The Morgan fingerprint density at radius 1 is 1.22 bits per heavy atom. The van der Waals surface area contributed by atoms with Gasteiger partial charge in [0.1, 0.15) is 0 Å². The average molecular weight is 241 g/mol. The van der Waals surface area contributed by atoms with Crippen LogP contribution in [0.5, 0.6) is 0 Å². The van der Waals surface area contributed by atoms with Crippen molar-refractivity contribution >= 4 is 5.76 Å². The quantitative estimate of drug-likeness (QED) is 0.838. The molecule has 0 spiro atoms. The fourth-order valence-electron chi connectivity index (χ4n) is 2.07. The lowest BCUT2D eigenvalue weighted by Gasteiger charge is -2.13. The van der Waals surface area contributed by atoms with Gasteiger partial charge in [0.15, 0.2) is 5.76 Å². The van der Waals surface area contributed by atoms with Gasteiger partial charge in [-0.3, -0.25) is 0 Å². The van der Waals surface area contributed by atoms with Gasteiger partial charge >= 0.3 is 0 Å². The summed E-state index contributed by atoms with van der Waals surface area (Å²) >= 11 is 0. The Hall–Kier alpha value is -1.96. The van der Waals surface area contributed by atoms with Gasteiger partial charge in [-0.1, -0.05) is 49.4 Å². The van der Waals surface area contributed by atoms with Gasteiger partial charge < -0.3 is 4.84 Å². The molecule has 0 aromatic heterocycles. The zero-order valence-electron chi connectivity index (χ0n) is 11.2. The van der Waals surface area contributed by atoms with Crippen LogP contribution < -0.4 is 5.48 Å². The minimum Gasteiger partial charge on any atom is -0.381 e. The van der Waals surface area contributed by atoms with Gasteiger partial charge in [0.2, 0.25) is 0 Å². The van der Waals surface area contributed by atoms with Crippen LogP contribution in [0.2, 0.25) is 0 Å². The fraction of sp³-hybridized carbons (Fsp3) is 0.250. The van der Waals surface area contributed by atoms with Gasteiger partial charge in [-0.05, 0) is 31.4 Å². The second-order valence-corrected chi connectivity index (χ2v) is 4.31. The monoisotopic (exact) mass is 241 g/mol. The molecule has 0 atom stereocenters. The maximum atomic E-state index is 5.75. The van der Waals surface area contributed by atoms with Crippen LogP contribution >= 0.6 is 0 Å². The Morgan fingerprint density at radius 2 is 1.94 bits per heavy atom. The molecule has 2 rings (SSSR count). The number of nitrogens with one attached hydrogen (secondary N) is 1. The third-order valence-electron chi connectivity index (χ3n) is 3.06. The van der Waals surface area contributed by atoms with Gasteiger partial charge in [0.25, 0.3) is 0 Å². The first-order valence-corrected chi connectivity index (χ1v) is 6.32. The van der Waals surface area contributed by atoms with Gasteiger partial charge in [0.05, 0.1) is 5.70 Å². The molecule has 1 heterocycles. The van der Waals surface area contributed by atoms with Crippen LogP contribution in [-0.2, 0) is 4.84 Å². The molecule has 0 bridgehead atoms. The first-order valence-electron chi connectivity index (χ1n) is 6.32. The van der Waals surface area contributed by atoms with Crippen molar-refractivity contribution in [2.45, 2.75) is 27.2 Å². The maximum Gasteiger partial charge on any atom is 0.165 e. The van der Waals surface area contributed by atoms with Crippen molar-refractivity contribution < 1.29 is 4.84 Å². The molecular formula is C16H19NO. The van der Waals surface area contributed by atoms with Crippen molar-refractivity contribution in [2.24, 2.45) is 0 Å². The molecule has 0 aliphatic carbocycles. The Balaban J connectivity index is 2.42. The van der Waals surface area contributed by atoms with Crippen LogP contribution in [-0.4, -0.2) is 0 Å². The fourth-order valence-corrected chi connectivity index (χ4v) is 2.07. The number of benzene rings is 1. The van der Waals surface area contributed by atoms with E-state index in [0.29, 0.717) is 0 Å².